The predicted molar refractivity (Wildman–Crippen MR) is 81.3 cm³/mol. The number of nitrogens with zero attached hydrogens (tertiary/aromatic N) is 1. The maximum Gasteiger partial charge on any atom is 0.315 e. The predicted octanol–water partition coefficient (Wildman–Crippen LogP) is 2.76. The number of hydrogen-bond acceptors (Lipinski definition) is 4. The van der Waals surface area contributed by atoms with E-state index < -0.39 is 5.92 Å². The lowest BCUT2D eigenvalue weighted by Gasteiger charge is -2.14. The standard InChI is InChI=1S/C16H20N2O3/c1-3-5-8-11(16(20)21-4-2)14-15(19)18-13-10-7-6-9-12(13)17-14/h6-7,9-11H,3-5,8H2,1-2H3,(H,18,19). The highest BCUT2D eigenvalue weighted by Crippen LogP contribution is 2.21. The fourth-order valence-corrected chi connectivity index (χ4v) is 2.30. The number of nitrogens with one attached hydrogen (secondary N) is 1. The minimum absolute atomic E-state index is 0.251. The molecular formula is C16H20N2O3. The number of fused-ring (bicyclic) bond motifs is 1. The quantitative estimate of drug-likeness (QED) is 0.830. The van der Waals surface area contributed by atoms with Gasteiger partial charge in [-0.3, -0.25) is 9.59 Å². The number of aromatic nitrogens is 2. The highest BCUT2D eigenvalue weighted by atomic mass is 16.5. The molecule has 2 aromatic rings. The lowest BCUT2D eigenvalue weighted by Crippen LogP contribution is -2.25. The molecule has 1 heterocycles. The summed E-state index contributed by atoms with van der Waals surface area (Å²) < 4.78 is 5.09. The Morgan fingerprint density at radius 1 is 1.33 bits per heavy atom. The average molecular weight is 288 g/mol. The first kappa shape index (κ1) is 15.2. The topological polar surface area (TPSA) is 72.0 Å². The molecule has 5 nitrogen and oxygen atoms in total. The molecule has 0 spiro atoms. The third-order valence-corrected chi connectivity index (χ3v) is 3.37. The van der Waals surface area contributed by atoms with Gasteiger partial charge in [0.1, 0.15) is 11.6 Å². The highest BCUT2D eigenvalue weighted by Gasteiger charge is 2.26. The smallest absolute Gasteiger partial charge is 0.315 e. The second kappa shape index (κ2) is 7.02. The molecule has 2 rings (SSSR count). The van der Waals surface area contributed by atoms with Crippen molar-refractivity contribution in [2.45, 2.75) is 39.0 Å². The van der Waals surface area contributed by atoms with Crippen LogP contribution in [-0.2, 0) is 9.53 Å². The van der Waals surface area contributed by atoms with E-state index in [2.05, 4.69) is 9.97 Å². The largest absolute Gasteiger partial charge is 0.465 e. The van der Waals surface area contributed by atoms with Gasteiger partial charge in [0.05, 0.1) is 17.6 Å². The SMILES string of the molecule is CCCCC(C(=O)OCC)c1nc2ccccc2[nH]c1=O. The number of ether oxygens (including phenoxy) is 1. The van der Waals surface area contributed by atoms with E-state index in [1.54, 1.807) is 13.0 Å². The summed E-state index contributed by atoms with van der Waals surface area (Å²) in [6.45, 7) is 4.10. The van der Waals surface area contributed by atoms with Crippen molar-refractivity contribution >= 4 is 17.0 Å². The van der Waals surface area contributed by atoms with E-state index in [4.69, 9.17) is 4.74 Å². The molecule has 1 aromatic heterocycles. The Morgan fingerprint density at radius 3 is 2.81 bits per heavy atom. The third kappa shape index (κ3) is 3.48. The molecule has 0 saturated heterocycles. The van der Waals surface area contributed by atoms with Crippen LogP contribution >= 0.6 is 0 Å². The van der Waals surface area contributed by atoms with Crippen molar-refractivity contribution in [1.29, 1.82) is 0 Å². The van der Waals surface area contributed by atoms with Crippen LogP contribution in [0.5, 0.6) is 0 Å². The Kier molecular flexibility index (Phi) is 5.09. The molecule has 0 saturated carbocycles. The molecule has 0 fully saturated rings. The van der Waals surface area contributed by atoms with Gasteiger partial charge in [0.25, 0.3) is 5.56 Å². The van der Waals surface area contributed by atoms with Gasteiger partial charge in [0.15, 0.2) is 0 Å². The first-order valence-corrected chi connectivity index (χ1v) is 7.33. The van der Waals surface area contributed by atoms with Gasteiger partial charge in [0, 0.05) is 0 Å². The van der Waals surface area contributed by atoms with Crippen molar-refractivity contribution in [2.24, 2.45) is 0 Å². The minimum atomic E-state index is -0.599. The molecule has 1 N–H and O–H groups in total. The number of rotatable bonds is 6. The van der Waals surface area contributed by atoms with Crippen LogP contribution in [0.15, 0.2) is 29.1 Å². The number of hydrogen-bond donors (Lipinski definition) is 1. The van der Waals surface area contributed by atoms with E-state index in [1.165, 1.54) is 0 Å². The van der Waals surface area contributed by atoms with Crippen molar-refractivity contribution < 1.29 is 9.53 Å². The number of esters is 1. The van der Waals surface area contributed by atoms with Gasteiger partial charge < -0.3 is 9.72 Å². The van der Waals surface area contributed by atoms with Crippen LogP contribution in [0.25, 0.3) is 11.0 Å². The van der Waals surface area contributed by atoms with Crippen molar-refractivity contribution in [2.75, 3.05) is 6.61 Å². The average Bonchev–Trinajstić information content (AvgIpc) is 2.48. The number of carbonyl (C=O) groups excluding carboxylic acids is 1. The van der Waals surface area contributed by atoms with Crippen molar-refractivity contribution in [3.63, 3.8) is 0 Å². The number of H-pyrrole nitrogens is 1. The molecule has 1 aromatic carbocycles. The first-order valence-electron chi connectivity index (χ1n) is 7.33. The summed E-state index contributed by atoms with van der Waals surface area (Å²) in [6.07, 6.45) is 2.36. The van der Waals surface area contributed by atoms with Crippen LogP contribution in [0, 0.1) is 0 Å². The Labute approximate surface area is 123 Å². The molecule has 0 aliphatic rings. The van der Waals surface area contributed by atoms with Crippen LogP contribution in [0.4, 0.5) is 0 Å². The van der Waals surface area contributed by atoms with Gasteiger partial charge in [-0.05, 0) is 25.5 Å². The van der Waals surface area contributed by atoms with Crippen LogP contribution in [0.3, 0.4) is 0 Å². The van der Waals surface area contributed by atoms with Gasteiger partial charge in [0.2, 0.25) is 0 Å². The van der Waals surface area contributed by atoms with Gasteiger partial charge in [-0.1, -0.05) is 31.9 Å². The normalized spacial score (nSPS) is 12.3. The van der Waals surface area contributed by atoms with E-state index in [0.717, 1.165) is 12.8 Å². The number of unbranched alkanes of at least 4 members (excludes halogenated alkanes) is 1. The second-order valence-corrected chi connectivity index (χ2v) is 4.92. The summed E-state index contributed by atoms with van der Waals surface area (Å²) in [5.41, 5.74) is 1.28. The van der Waals surface area contributed by atoms with Gasteiger partial charge in [-0.25, -0.2) is 4.98 Å². The maximum absolute atomic E-state index is 12.2. The highest BCUT2D eigenvalue weighted by molar-refractivity contribution is 5.79. The van der Waals surface area contributed by atoms with Crippen molar-refractivity contribution in [3.05, 3.63) is 40.3 Å². The molecule has 0 amide bonds. The lowest BCUT2D eigenvalue weighted by molar-refractivity contribution is -0.145. The third-order valence-electron chi connectivity index (χ3n) is 3.37. The summed E-state index contributed by atoms with van der Waals surface area (Å²) in [4.78, 5) is 31.5. The molecule has 0 aliphatic carbocycles. The van der Waals surface area contributed by atoms with E-state index in [1.807, 2.05) is 25.1 Å². The molecule has 1 unspecified atom stereocenters. The summed E-state index contributed by atoms with van der Waals surface area (Å²) in [5.74, 6) is -0.975. The van der Waals surface area contributed by atoms with Gasteiger partial charge >= 0.3 is 5.97 Å². The van der Waals surface area contributed by atoms with Crippen LogP contribution in [0.2, 0.25) is 0 Å². The summed E-state index contributed by atoms with van der Waals surface area (Å²) in [6, 6.07) is 7.29. The Balaban J connectivity index is 2.45. The van der Waals surface area contributed by atoms with E-state index in [0.29, 0.717) is 24.1 Å². The maximum atomic E-state index is 12.2. The van der Waals surface area contributed by atoms with Crippen molar-refractivity contribution in [3.8, 4) is 0 Å². The minimum Gasteiger partial charge on any atom is -0.465 e. The van der Waals surface area contributed by atoms with Crippen molar-refractivity contribution in [1.82, 2.24) is 9.97 Å². The Hall–Kier alpha value is -2.17. The van der Waals surface area contributed by atoms with E-state index in [-0.39, 0.29) is 17.2 Å². The number of benzene rings is 1. The van der Waals surface area contributed by atoms with Gasteiger partial charge in [-0.15, -0.1) is 0 Å². The summed E-state index contributed by atoms with van der Waals surface area (Å²) >= 11 is 0. The second-order valence-electron chi connectivity index (χ2n) is 4.92. The van der Waals surface area contributed by atoms with Gasteiger partial charge in [-0.2, -0.15) is 0 Å². The zero-order chi connectivity index (χ0) is 15.2. The molecule has 5 heteroatoms. The fraction of sp³-hybridized carbons (Fsp3) is 0.438. The first-order chi connectivity index (χ1) is 10.2. The molecule has 21 heavy (non-hydrogen) atoms. The monoisotopic (exact) mass is 288 g/mol. The number of carbonyl (C=O) groups is 1. The molecule has 0 bridgehead atoms. The number of para-hydroxylation sites is 2. The zero-order valence-electron chi connectivity index (χ0n) is 12.4. The Morgan fingerprint density at radius 2 is 2.10 bits per heavy atom. The lowest BCUT2D eigenvalue weighted by atomic mass is 9.98. The molecule has 112 valence electrons. The fourth-order valence-electron chi connectivity index (χ4n) is 2.30. The Bertz CT molecular complexity index is 679. The summed E-state index contributed by atoms with van der Waals surface area (Å²) in [5, 5.41) is 0. The van der Waals surface area contributed by atoms with E-state index >= 15 is 0 Å². The van der Waals surface area contributed by atoms with Crippen LogP contribution < -0.4 is 5.56 Å². The molecular weight excluding hydrogens is 268 g/mol. The van der Waals surface area contributed by atoms with E-state index in [9.17, 15) is 9.59 Å². The number of aromatic amines is 1. The van der Waals surface area contributed by atoms with Crippen LogP contribution in [-0.4, -0.2) is 22.5 Å². The van der Waals surface area contributed by atoms with Crippen LogP contribution in [0.1, 0.15) is 44.7 Å². The molecule has 1 atom stereocenters. The summed E-state index contributed by atoms with van der Waals surface area (Å²) in [7, 11) is 0. The zero-order valence-corrected chi connectivity index (χ0v) is 12.4. The molecule has 0 radical (unpaired) electrons. The molecule has 0 aliphatic heterocycles.